The highest BCUT2D eigenvalue weighted by Crippen LogP contribution is 2.19. The molecule has 0 spiro atoms. The molecule has 1 atom stereocenters. The lowest BCUT2D eigenvalue weighted by Crippen LogP contribution is -2.49. The Bertz CT molecular complexity index is 404. The van der Waals surface area contributed by atoms with Gasteiger partial charge in [-0.05, 0) is 44.2 Å². The molecule has 0 bridgehead atoms. The second-order valence-electron chi connectivity index (χ2n) is 5.49. The van der Waals surface area contributed by atoms with E-state index in [0.29, 0.717) is 19.6 Å². The van der Waals surface area contributed by atoms with Crippen LogP contribution in [0.1, 0.15) is 24.6 Å². The van der Waals surface area contributed by atoms with Crippen LogP contribution in [0.3, 0.4) is 0 Å². The Hall–Kier alpha value is -0.910. The van der Waals surface area contributed by atoms with Crippen LogP contribution in [-0.4, -0.2) is 47.7 Å². The van der Waals surface area contributed by atoms with Gasteiger partial charge in [0.1, 0.15) is 0 Å². The molecule has 2 N–H and O–H groups in total. The molecule has 2 rings (SSSR count). The first kappa shape index (κ1) is 14.5. The third-order valence-corrected chi connectivity index (χ3v) is 4.33. The van der Waals surface area contributed by atoms with Gasteiger partial charge in [-0.2, -0.15) is 0 Å². The van der Waals surface area contributed by atoms with Crippen LogP contribution >= 0.6 is 11.3 Å². The van der Waals surface area contributed by atoms with Crippen molar-refractivity contribution in [1.82, 2.24) is 10.2 Å². The molecular weight excluding hydrogens is 260 g/mol. The van der Waals surface area contributed by atoms with Crippen LogP contribution < -0.4 is 5.32 Å². The van der Waals surface area contributed by atoms with Crippen LogP contribution in [0.15, 0.2) is 17.5 Å². The smallest absolute Gasteiger partial charge is 0.234 e. The lowest BCUT2D eigenvalue weighted by Gasteiger charge is -2.36. The summed E-state index contributed by atoms with van der Waals surface area (Å²) in [5, 5.41) is 15.0. The van der Waals surface area contributed by atoms with Crippen LogP contribution in [0.5, 0.6) is 0 Å². The zero-order valence-corrected chi connectivity index (χ0v) is 12.2. The molecule has 0 saturated carbocycles. The van der Waals surface area contributed by atoms with Gasteiger partial charge in [-0.1, -0.05) is 6.07 Å². The Balaban J connectivity index is 1.66. The third kappa shape index (κ3) is 4.93. The van der Waals surface area contributed by atoms with Gasteiger partial charge in [0.05, 0.1) is 12.1 Å². The van der Waals surface area contributed by atoms with Gasteiger partial charge in [0.25, 0.3) is 0 Å². The molecule has 4 nitrogen and oxygen atoms in total. The van der Waals surface area contributed by atoms with E-state index in [4.69, 9.17) is 0 Å². The summed E-state index contributed by atoms with van der Waals surface area (Å²) in [5.41, 5.74) is -0.643. The average Bonchev–Trinajstić information content (AvgIpc) is 2.80. The summed E-state index contributed by atoms with van der Waals surface area (Å²) in [7, 11) is 0. The Morgan fingerprint density at radius 2 is 2.47 bits per heavy atom. The van der Waals surface area contributed by atoms with Crippen molar-refractivity contribution < 1.29 is 9.90 Å². The van der Waals surface area contributed by atoms with E-state index in [1.165, 1.54) is 4.88 Å². The second kappa shape index (κ2) is 6.50. The van der Waals surface area contributed by atoms with Crippen molar-refractivity contribution in [3.8, 4) is 0 Å². The molecule has 5 heteroatoms. The highest BCUT2D eigenvalue weighted by molar-refractivity contribution is 7.09. The van der Waals surface area contributed by atoms with Crippen molar-refractivity contribution in [2.45, 2.75) is 31.8 Å². The SMILES string of the molecule is CC1(O)CCCN(CC(=O)NCCc2cccs2)C1. The number of thiophene rings is 1. The molecule has 1 aromatic rings. The number of likely N-dealkylation sites (tertiary alicyclic amines) is 1. The average molecular weight is 282 g/mol. The Labute approximate surface area is 118 Å². The first-order valence-electron chi connectivity index (χ1n) is 6.79. The van der Waals surface area contributed by atoms with Crippen LogP contribution in [0.2, 0.25) is 0 Å². The minimum Gasteiger partial charge on any atom is -0.389 e. The molecule has 1 amide bonds. The summed E-state index contributed by atoms with van der Waals surface area (Å²) >= 11 is 1.72. The molecular formula is C14H22N2O2S. The van der Waals surface area contributed by atoms with Gasteiger partial charge in [-0.15, -0.1) is 11.3 Å². The van der Waals surface area contributed by atoms with Gasteiger partial charge in [-0.25, -0.2) is 0 Å². The number of β-amino-alcohol motifs (C(OH)–C–C–N with tert-alkyl or cyclic N) is 1. The normalized spacial score (nSPS) is 24.3. The molecule has 1 saturated heterocycles. The maximum absolute atomic E-state index is 11.8. The monoisotopic (exact) mass is 282 g/mol. The van der Waals surface area contributed by atoms with Crippen molar-refractivity contribution in [3.63, 3.8) is 0 Å². The van der Waals surface area contributed by atoms with E-state index in [2.05, 4.69) is 11.4 Å². The number of carbonyl (C=O) groups excluding carboxylic acids is 1. The van der Waals surface area contributed by atoms with E-state index in [9.17, 15) is 9.90 Å². The van der Waals surface area contributed by atoms with E-state index in [1.807, 2.05) is 23.3 Å². The molecule has 19 heavy (non-hydrogen) atoms. The lowest BCUT2D eigenvalue weighted by molar-refractivity contribution is -0.123. The number of aliphatic hydroxyl groups is 1. The van der Waals surface area contributed by atoms with E-state index >= 15 is 0 Å². The summed E-state index contributed by atoms with van der Waals surface area (Å²) in [5.74, 6) is 0.0502. The second-order valence-corrected chi connectivity index (χ2v) is 6.52. The molecule has 2 heterocycles. The minimum atomic E-state index is -0.643. The molecule has 106 valence electrons. The fourth-order valence-corrected chi connectivity index (χ4v) is 3.21. The minimum absolute atomic E-state index is 0.0502. The summed E-state index contributed by atoms with van der Waals surface area (Å²) in [4.78, 5) is 15.1. The summed E-state index contributed by atoms with van der Waals surface area (Å²) in [6.07, 6.45) is 2.67. The largest absolute Gasteiger partial charge is 0.389 e. The van der Waals surface area contributed by atoms with E-state index < -0.39 is 5.60 Å². The Morgan fingerprint density at radius 3 is 3.16 bits per heavy atom. The lowest BCUT2D eigenvalue weighted by atomic mass is 9.95. The molecule has 1 unspecified atom stereocenters. The third-order valence-electron chi connectivity index (χ3n) is 3.39. The summed E-state index contributed by atoms with van der Waals surface area (Å²) in [6, 6.07) is 4.11. The van der Waals surface area contributed by atoms with Crippen LogP contribution in [0.4, 0.5) is 0 Å². The highest BCUT2D eigenvalue weighted by Gasteiger charge is 2.28. The maximum Gasteiger partial charge on any atom is 0.234 e. The number of hydrogen-bond donors (Lipinski definition) is 2. The van der Waals surface area contributed by atoms with E-state index in [1.54, 1.807) is 11.3 Å². The van der Waals surface area contributed by atoms with Crippen molar-refractivity contribution in [3.05, 3.63) is 22.4 Å². The number of amides is 1. The Kier molecular flexibility index (Phi) is 4.96. The number of nitrogens with zero attached hydrogens (tertiary/aromatic N) is 1. The quantitative estimate of drug-likeness (QED) is 0.855. The number of rotatable bonds is 5. The predicted octanol–water partition coefficient (Wildman–Crippen LogP) is 1.25. The number of hydrogen-bond acceptors (Lipinski definition) is 4. The van der Waals surface area contributed by atoms with E-state index in [0.717, 1.165) is 25.8 Å². The van der Waals surface area contributed by atoms with Gasteiger partial charge in [0.2, 0.25) is 5.91 Å². The van der Waals surface area contributed by atoms with Crippen molar-refractivity contribution in [2.24, 2.45) is 0 Å². The number of piperidine rings is 1. The fraction of sp³-hybridized carbons (Fsp3) is 0.643. The molecule has 1 fully saturated rings. The zero-order valence-electron chi connectivity index (χ0n) is 11.4. The summed E-state index contributed by atoms with van der Waals surface area (Å²) in [6.45, 7) is 4.40. The topological polar surface area (TPSA) is 52.6 Å². The van der Waals surface area contributed by atoms with Gasteiger partial charge in [0, 0.05) is 18.0 Å². The van der Waals surface area contributed by atoms with Crippen LogP contribution in [-0.2, 0) is 11.2 Å². The van der Waals surface area contributed by atoms with Crippen molar-refractivity contribution in [2.75, 3.05) is 26.2 Å². The first-order valence-corrected chi connectivity index (χ1v) is 7.67. The first-order chi connectivity index (χ1) is 9.05. The standard InChI is InChI=1S/C14H22N2O2S/c1-14(18)6-3-8-16(11-14)10-13(17)15-7-5-12-4-2-9-19-12/h2,4,9,18H,3,5-8,10-11H2,1H3,(H,15,17). The maximum atomic E-state index is 11.8. The molecule has 1 aliphatic heterocycles. The van der Waals surface area contributed by atoms with Gasteiger partial charge < -0.3 is 10.4 Å². The van der Waals surface area contributed by atoms with Gasteiger partial charge in [0.15, 0.2) is 0 Å². The van der Waals surface area contributed by atoms with Crippen molar-refractivity contribution in [1.29, 1.82) is 0 Å². The van der Waals surface area contributed by atoms with Crippen molar-refractivity contribution >= 4 is 17.2 Å². The predicted molar refractivity (Wildman–Crippen MR) is 77.3 cm³/mol. The zero-order chi connectivity index (χ0) is 13.7. The number of nitrogens with one attached hydrogen (secondary N) is 1. The van der Waals surface area contributed by atoms with Gasteiger partial charge >= 0.3 is 0 Å². The molecule has 0 radical (unpaired) electrons. The van der Waals surface area contributed by atoms with Crippen LogP contribution in [0.25, 0.3) is 0 Å². The molecule has 0 aromatic carbocycles. The number of carbonyl (C=O) groups is 1. The summed E-state index contributed by atoms with van der Waals surface area (Å²) < 4.78 is 0. The van der Waals surface area contributed by atoms with E-state index in [-0.39, 0.29) is 5.91 Å². The van der Waals surface area contributed by atoms with Crippen LogP contribution in [0, 0.1) is 0 Å². The Morgan fingerprint density at radius 1 is 1.63 bits per heavy atom. The highest BCUT2D eigenvalue weighted by atomic mass is 32.1. The fourth-order valence-electron chi connectivity index (χ4n) is 2.50. The molecule has 1 aliphatic rings. The van der Waals surface area contributed by atoms with Gasteiger partial charge in [-0.3, -0.25) is 9.69 Å². The molecule has 1 aromatic heterocycles. The molecule has 0 aliphatic carbocycles.